The van der Waals surface area contributed by atoms with E-state index in [9.17, 15) is 26.4 Å². The van der Waals surface area contributed by atoms with Crippen LogP contribution in [0.3, 0.4) is 0 Å². The number of halogens is 3. The molecule has 2 aliphatic carbocycles. The van der Waals surface area contributed by atoms with Crippen LogP contribution in [0.1, 0.15) is 31.2 Å². The first-order chi connectivity index (χ1) is 13.0. The molecule has 0 aliphatic heterocycles. The molecule has 0 unspecified atom stereocenters. The third-order valence-electron chi connectivity index (χ3n) is 5.36. The van der Waals surface area contributed by atoms with Crippen LogP contribution in [0.4, 0.5) is 13.2 Å². The van der Waals surface area contributed by atoms with E-state index >= 15 is 0 Å². The second kappa shape index (κ2) is 7.04. The second-order valence-electron chi connectivity index (χ2n) is 7.20. The van der Waals surface area contributed by atoms with Gasteiger partial charge in [0.2, 0.25) is 5.91 Å². The lowest BCUT2D eigenvalue weighted by molar-refractivity contribution is -0.140. The number of carbonyl (C=O) groups excluding carboxylic acids is 1. The molecule has 0 bridgehead atoms. The molecule has 10 heteroatoms. The number of hydrogen-bond donors (Lipinski definition) is 1. The van der Waals surface area contributed by atoms with Crippen molar-refractivity contribution in [1.82, 2.24) is 5.32 Å². The number of benzene rings is 1. The minimum Gasteiger partial charge on any atom is -0.381 e. The first kappa shape index (κ1) is 20.6. The smallest absolute Gasteiger partial charge is 0.381 e. The van der Waals surface area contributed by atoms with E-state index in [0.29, 0.717) is 12.8 Å². The molecule has 0 aromatic heterocycles. The molecule has 1 aromatic carbocycles. The summed E-state index contributed by atoms with van der Waals surface area (Å²) < 4.78 is 70.9. The third-order valence-corrected chi connectivity index (χ3v) is 7.60. The van der Waals surface area contributed by atoms with Gasteiger partial charge in [-0.3, -0.25) is 4.79 Å². The summed E-state index contributed by atoms with van der Waals surface area (Å²) in [6.07, 6.45) is -4.80. The molecule has 0 radical (unpaired) electrons. The maximum absolute atomic E-state index is 13.3. The fraction of sp³-hybridized carbons (Fsp3) is 0.556. The van der Waals surface area contributed by atoms with Gasteiger partial charge in [0.25, 0.3) is 0 Å². The maximum atomic E-state index is 13.3. The molecule has 2 aliphatic rings. The Morgan fingerprint density at radius 2 is 1.93 bits per heavy atom. The Labute approximate surface area is 160 Å². The first-order valence-corrected chi connectivity index (χ1v) is 10.2. The van der Waals surface area contributed by atoms with Crippen LogP contribution < -0.4 is 5.32 Å². The van der Waals surface area contributed by atoms with E-state index in [1.54, 1.807) is 0 Å². The minimum atomic E-state index is -4.81. The number of methoxy groups -OCH3 is 1. The zero-order valence-electron chi connectivity index (χ0n) is 15.0. The molecular weight excluding hydrogens is 397 g/mol. The molecule has 6 nitrogen and oxygen atoms in total. The Kier molecular flexibility index (Phi) is 5.18. The number of alkyl halides is 3. The topological polar surface area (TPSA) is 96.3 Å². The fourth-order valence-corrected chi connectivity index (χ4v) is 5.61. The molecule has 3 rings (SSSR count). The molecule has 1 N–H and O–H groups in total. The highest BCUT2D eigenvalue weighted by molar-refractivity contribution is 7.92. The van der Waals surface area contributed by atoms with Crippen molar-refractivity contribution in [2.75, 3.05) is 7.11 Å². The van der Waals surface area contributed by atoms with Gasteiger partial charge in [0.05, 0.1) is 33.8 Å². The van der Waals surface area contributed by atoms with Gasteiger partial charge in [-0.25, -0.2) is 8.42 Å². The number of nitrogens with zero attached hydrogens (tertiary/aromatic N) is 1. The van der Waals surface area contributed by atoms with Crippen molar-refractivity contribution in [3.8, 4) is 6.07 Å². The van der Waals surface area contributed by atoms with E-state index in [1.807, 2.05) is 6.07 Å². The highest BCUT2D eigenvalue weighted by Crippen LogP contribution is 2.41. The maximum Gasteiger partial charge on any atom is 0.417 e. The lowest BCUT2D eigenvalue weighted by atomic mass is 10.0. The minimum absolute atomic E-state index is 0.0946. The Balaban J connectivity index is 1.87. The Morgan fingerprint density at radius 3 is 2.46 bits per heavy atom. The van der Waals surface area contributed by atoms with Crippen LogP contribution in [0.25, 0.3) is 0 Å². The van der Waals surface area contributed by atoms with E-state index < -0.39 is 55.2 Å². The van der Waals surface area contributed by atoms with Gasteiger partial charge < -0.3 is 10.1 Å². The summed E-state index contributed by atoms with van der Waals surface area (Å²) >= 11 is 0. The number of carbonyl (C=O) groups is 1. The van der Waals surface area contributed by atoms with Crippen LogP contribution in [0.15, 0.2) is 29.2 Å². The van der Waals surface area contributed by atoms with Crippen molar-refractivity contribution >= 4 is 15.7 Å². The highest BCUT2D eigenvalue weighted by atomic mass is 32.2. The van der Waals surface area contributed by atoms with Crippen LogP contribution in [0.5, 0.6) is 0 Å². The number of nitriles is 1. The van der Waals surface area contributed by atoms with Gasteiger partial charge in [0, 0.05) is 7.11 Å². The number of sulfone groups is 1. The summed E-state index contributed by atoms with van der Waals surface area (Å²) in [5.74, 6) is -1.36. The lowest BCUT2D eigenvalue weighted by Crippen LogP contribution is -2.42. The van der Waals surface area contributed by atoms with Crippen molar-refractivity contribution in [3.05, 3.63) is 29.8 Å². The molecule has 1 amide bonds. The summed E-state index contributed by atoms with van der Waals surface area (Å²) in [6.45, 7) is 0. The van der Waals surface area contributed by atoms with Crippen LogP contribution in [0.2, 0.25) is 0 Å². The van der Waals surface area contributed by atoms with Gasteiger partial charge in [0.15, 0.2) is 9.84 Å². The zero-order chi connectivity index (χ0) is 20.7. The van der Waals surface area contributed by atoms with Crippen LogP contribution in [-0.4, -0.2) is 38.3 Å². The van der Waals surface area contributed by atoms with Gasteiger partial charge in [-0.1, -0.05) is 12.1 Å². The van der Waals surface area contributed by atoms with E-state index in [2.05, 4.69) is 5.32 Å². The number of rotatable bonds is 5. The van der Waals surface area contributed by atoms with E-state index in [0.717, 1.165) is 18.2 Å². The number of hydrogen-bond acceptors (Lipinski definition) is 5. The Bertz CT molecular complexity index is 919. The summed E-state index contributed by atoms with van der Waals surface area (Å²) in [5, 5.41) is 10.5. The lowest BCUT2D eigenvalue weighted by Gasteiger charge is -2.19. The number of nitrogens with one attached hydrogen (secondary N) is 1. The van der Waals surface area contributed by atoms with Gasteiger partial charge in [-0.15, -0.1) is 0 Å². The predicted molar refractivity (Wildman–Crippen MR) is 91.7 cm³/mol. The van der Waals surface area contributed by atoms with Crippen molar-refractivity contribution in [2.24, 2.45) is 5.92 Å². The molecule has 0 heterocycles. The highest BCUT2D eigenvalue weighted by Gasteiger charge is 2.51. The van der Waals surface area contributed by atoms with Crippen molar-refractivity contribution in [1.29, 1.82) is 5.26 Å². The predicted octanol–water partition coefficient (Wildman–Crippen LogP) is 2.45. The standard InChI is InChI=1S/C18H19F3N2O4S/c1-27-14-9-11(8-12(14)16(24)23-17(10-22)6-7-17)28(25,26)15-5-3-2-4-13(15)18(19,20)21/h2-5,11-12,14H,6-9H2,1H3,(H,23,24)/t11-,12-,14-/m1/s1. The van der Waals surface area contributed by atoms with Gasteiger partial charge in [-0.2, -0.15) is 18.4 Å². The third kappa shape index (κ3) is 3.73. The number of amides is 1. The summed E-state index contributed by atoms with van der Waals surface area (Å²) in [7, 11) is -3.02. The van der Waals surface area contributed by atoms with Crippen molar-refractivity contribution in [3.63, 3.8) is 0 Å². The normalized spacial score (nSPS) is 26.5. The van der Waals surface area contributed by atoms with Crippen LogP contribution in [0, 0.1) is 17.2 Å². The average Bonchev–Trinajstić information content (AvgIpc) is 3.27. The average molecular weight is 416 g/mol. The monoisotopic (exact) mass is 416 g/mol. The Morgan fingerprint density at radius 1 is 1.29 bits per heavy atom. The fourth-order valence-electron chi connectivity index (χ4n) is 3.59. The van der Waals surface area contributed by atoms with Gasteiger partial charge >= 0.3 is 6.18 Å². The molecule has 28 heavy (non-hydrogen) atoms. The zero-order valence-corrected chi connectivity index (χ0v) is 15.8. The van der Waals surface area contributed by atoms with Crippen LogP contribution >= 0.6 is 0 Å². The second-order valence-corrected chi connectivity index (χ2v) is 9.39. The van der Waals surface area contributed by atoms with E-state index in [1.165, 1.54) is 13.2 Å². The molecule has 2 fully saturated rings. The van der Waals surface area contributed by atoms with Gasteiger partial charge in [0.1, 0.15) is 5.54 Å². The van der Waals surface area contributed by atoms with Crippen LogP contribution in [-0.2, 0) is 25.5 Å². The number of ether oxygens (including phenoxy) is 1. The van der Waals surface area contributed by atoms with Crippen molar-refractivity contribution < 1.29 is 31.1 Å². The summed E-state index contributed by atoms with van der Waals surface area (Å²) in [5.41, 5.74) is -2.15. The summed E-state index contributed by atoms with van der Waals surface area (Å²) in [6, 6.07) is 6.04. The first-order valence-electron chi connectivity index (χ1n) is 8.70. The molecule has 1 aromatic rings. The molecular formula is C18H19F3N2O4S. The molecule has 0 saturated heterocycles. The molecule has 3 atom stereocenters. The van der Waals surface area contributed by atoms with E-state index in [4.69, 9.17) is 10.00 Å². The largest absolute Gasteiger partial charge is 0.417 e. The molecule has 152 valence electrons. The Hall–Kier alpha value is -2.12. The molecule has 2 saturated carbocycles. The SMILES string of the molecule is CO[C@@H]1C[C@H](S(=O)(=O)c2ccccc2C(F)(F)F)C[C@H]1C(=O)NC1(C#N)CC1. The van der Waals surface area contributed by atoms with Gasteiger partial charge in [-0.05, 0) is 37.8 Å². The van der Waals surface area contributed by atoms with E-state index in [-0.39, 0.29) is 12.8 Å². The quantitative estimate of drug-likeness (QED) is 0.795. The molecule has 0 spiro atoms. The van der Waals surface area contributed by atoms with Crippen molar-refractivity contribution in [2.45, 2.75) is 53.6 Å². The summed E-state index contributed by atoms with van der Waals surface area (Å²) in [4.78, 5) is 11.8.